The zero-order valence-electron chi connectivity index (χ0n) is 12.7. The largest absolute Gasteiger partial charge is 0.465 e. The number of hydrogen-bond donors (Lipinski definition) is 0. The number of rotatable bonds is 4. The highest BCUT2D eigenvalue weighted by Gasteiger charge is 2.46. The monoisotopic (exact) mass is 327 g/mol. The van der Waals surface area contributed by atoms with Gasteiger partial charge in [-0.15, -0.1) is 11.8 Å². The van der Waals surface area contributed by atoms with Crippen molar-refractivity contribution < 1.29 is 14.3 Å². The van der Waals surface area contributed by atoms with E-state index in [1.807, 2.05) is 60.7 Å². The average Bonchev–Trinajstić information content (AvgIpc) is 2.94. The van der Waals surface area contributed by atoms with E-state index in [-0.39, 0.29) is 17.9 Å². The lowest BCUT2D eigenvalue weighted by molar-refractivity contribution is -0.144. The third kappa shape index (κ3) is 3.10. The summed E-state index contributed by atoms with van der Waals surface area (Å²) in [5.74, 6) is -0.699. The molecule has 1 amide bonds. The highest BCUT2D eigenvalue weighted by atomic mass is 32.2. The molecule has 118 valence electrons. The summed E-state index contributed by atoms with van der Waals surface area (Å²) in [5, 5.41) is -1.05. The number of carbonyl (C=O) groups is 2. The number of nitrogens with zero attached hydrogens (tertiary/aromatic N) is 1. The third-order valence-corrected chi connectivity index (χ3v) is 4.99. The molecule has 0 N–H and O–H groups in total. The van der Waals surface area contributed by atoms with Gasteiger partial charge >= 0.3 is 5.97 Å². The van der Waals surface area contributed by atoms with Gasteiger partial charge in [-0.05, 0) is 24.6 Å². The fraction of sp³-hybridized carbons (Fsp3) is 0.222. The number of carbonyl (C=O) groups excluding carboxylic acids is 2. The average molecular weight is 327 g/mol. The van der Waals surface area contributed by atoms with E-state index in [0.717, 1.165) is 11.3 Å². The van der Waals surface area contributed by atoms with E-state index < -0.39 is 11.2 Å². The van der Waals surface area contributed by atoms with Gasteiger partial charge < -0.3 is 4.74 Å². The first kappa shape index (κ1) is 15.6. The summed E-state index contributed by atoms with van der Waals surface area (Å²) in [5.41, 5.74) is 1.77. The van der Waals surface area contributed by atoms with Crippen LogP contribution in [0.3, 0.4) is 0 Å². The Kier molecular flexibility index (Phi) is 4.67. The molecule has 1 aliphatic heterocycles. The van der Waals surface area contributed by atoms with Gasteiger partial charge in [-0.3, -0.25) is 14.5 Å². The molecule has 3 rings (SSSR count). The first-order valence-corrected chi connectivity index (χ1v) is 8.42. The summed E-state index contributed by atoms with van der Waals surface area (Å²) >= 11 is 1.32. The maximum absolute atomic E-state index is 12.8. The molecular weight excluding hydrogens is 310 g/mol. The van der Waals surface area contributed by atoms with E-state index in [2.05, 4.69) is 0 Å². The number of para-hydroxylation sites is 1. The van der Waals surface area contributed by atoms with Crippen LogP contribution in [-0.4, -0.2) is 23.7 Å². The van der Waals surface area contributed by atoms with Crippen molar-refractivity contribution in [2.24, 2.45) is 0 Å². The molecule has 4 nitrogen and oxygen atoms in total. The molecule has 2 aromatic carbocycles. The Hall–Kier alpha value is -2.27. The van der Waals surface area contributed by atoms with Crippen molar-refractivity contribution in [1.82, 2.24) is 0 Å². The number of thioether (sulfide) groups is 1. The highest BCUT2D eigenvalue weighted by molar-refractivity contribution is 8.02. The third-order valence-electron chi connectivity index (χ3n) is 3.58. The molecule has 23 heavy (non-hydrogen) atoms. The lowest BCUT2D eigenvalue weighted by atomic mass is 10.2. The van der Waals surface area contributed by atoms with Crippen LogP contribution in [0, 0.1) is 0 Å². The van der Waals surface area contributed by atoms with Crippen LogP contribution in [0.25, 0.3) is 0 Å². The summed E-state index contributed by atoms with van der Waals surface area (Å²) in [7, 11) is 0. The van der Waals surface area contributed by atoms with Crippen LogP contribution < -0.4 is 4.90 Å². The first-order valence-electron chi connectivity index (χ1n) is 7.47. The standard InChI is InChI=1S/C18H17NO3S/c1-2-22-18(21)15-16(20)19(14-11-7-4-8-12-14)17(23-15)13-9-5-3-6-10-13/h3-12,15,17H,2H2,1H3/t15-,17-/m1/s1. The molecule has 1 saturated heterocycles. The number of ether oxygens (including phenoxy) is 1. The minimum atomic E-state index is -0.819. The molecule has 0 bridgehead atoms. The molecule has 0 aliphatic carbocycles. The quantitative estimate of drug-likeness (QED) is 0.638. The molecule has 1 fully saturated rings. The van der Waals surface area contributed by atoms with Crippen LogP contribution in [0.2, 0.25) is 0 Å². The predicted molar refractivity (Wildman–Crippen MR) is 91.1 cm³/mol. The predicted octanol–water partition coefficient (Wildman–Crippen LogP) is 3.40. The maximum Gasteiger partial charge on any atom is 0.328 e. The maximum atomic E-state index is 12.8. The molecule has 0 radical (unpaired) electrons. The van der Waals surface area contributed by atoms with Crippen molar-refractivity contribution >= 4 is 29.3 Å². The van der Waals surface area contributed by atoms with Crippen molar-refractivity contribution in [3.8, 4) is 0 Å². The molecule has 2 aromatic rings. The van der Waals surface area contributed by atoms with Gasteiger partial charge in [0.15, 0.2) is 5.25 Å². The van der Waals surface area contributed by atoms with Gasteiger partial charge in [-0.25, -0.2) is 0 Å². The van der Waals surface area contributed by atoms with Gasteiger partial charge in [-0.1, -0.05) is 48.5 Å². The second-order valence-corrected chi connectivity index (χ2v) is 6.27. The summed E-state index contributed by atoms with van der Waals surface area (Å²) < 4.78 is 5.06. The topological polar surface area (TPSA) is 46.6 Å². The molecule has 0 unspecified atom stereocenters. The van der Waals surface area contributed by atoms with Crippen LogP contribution in [0.15, 0.2) is 60.7 Å². The van der Waals surface area contributed by atoms with Crippen LogP contribution in [0.5, 0.6) is 0 Å². The normalized spacial score (nSPS) is 20.6. The summed E-state index contributed by atoms with van der Waals surface area (Å²) in [6.07, 6.45) is 0. The smallest absolute Gasteiger partial charge is 0.328 e. The van der Waals surface area contributed by atoms with Crippen molar-refractivity contribution in [2.75, 3.05) is 11.5 Å². The van der Waals surface area contributed by atoms with E-state index in [0.29, 0.717) is 0 Å². The van der Waals surface area contributed by atoms with E-state index in [9.17, 15) is 9.59 Å². The zero-order valence-corrected chi connectivity index (χ0v) is 13.5. The lowest BCUT2D eigenvalue weighted by Gasteiger charge is -2.24. The molecule has 2 atom stereocenters. The minimum absolute atomic E-state index is 0.228. The van der Waals surface area contributed by atoms with Crippen LogP contribution >= 0.6 is 11.8 Å². The molecule has 0 saturated carbocycles. The number of amides is 1. The molecular formula is C18H17NO3S. The van der Waals surface area contributed by atoms with E-state index in [1.54, 1.807) is 11.8 Å². The zero-order chi connectivity index (χ0) is 16.2. The van der Waals surface area contributed by atoms with Crippen LogP contribution in [0.1, 0.15) is 17.9 Å². The Morgan fingerprint density at radius 3 is 2.30 bits per heavy atom. The van der Waals surface area contributed by atoms with Gasteiger partial charge in [-0.2, -0.15) is 0 Å². The lowest BCUT2D eigenvalue weighted by Crippen LogP contribution is -2.35. The van der Waals surface area contributed by atoms with Crippen LogP contribution in [0.4, 0.5) is 5.69 Å². The number of benzene rings is 2. The van der Waals surface area contributed by atoms with E-state index in [1.165, 1.54) is 11.8 Å². The Bertz CT molecular complexity index is 690. The Balaban J connectivity index is 1.98. The Labute approximate surface area is 139 Å². The fourth-order valence-corrected chi connectivity index (χ4v) is 3.89. The van der Waals surface area contributed by atoms with Crippen molar-refractivity contribution in [2.45, 2.75) is 17.5 Å². The number of anilines is 1. The summed E-state index contributed by atoms with van der Waals surface area (Å²) in [6.45, 7) is 2.01. The molecule has 1 heterocycles. The first-order chi connectivity index (χ1) is 11.2. The van der Waals surface area contributed by atoms with Crippen LogP contribution in [-0.2, 0) is 14.3 Å². The van der Waals surface area contributed by atoms with Gasteiger partial charge in [0.05, 0.1) is 6.61 Å². The number of esters is 1. The molecule has 1 aliphatic rings. The Morgan fingerprint density at radius 2 is 1.70 bits per heavy atom. The molecule has 5 heteroatoms. The van der Waals surface area contributed by atoms with Crippen molar-refractivity contribution in [1.29, 1.82) is 0 Å². The molecule has 0 aromatic heterocycles. The second kappa shape index (κ2) is 6.87. The fourth-order valence-electron chi connectivity index (χ4n) is 2.56. The van der Waals surface area contributed by atoms with E-state index >= 15 is 0 Å². The van der Waals surface area contributed by atoms with E-state index in [4.69, 9.17) is 4.74 Å². The summed E-state index contributed by atoms with van der Waals surface area (Å²) in [4.78, 5) is 26.6. The SMILES string of the molecule is CCOC(=O)[C@@H]1S[C@H](c2ccccc2)N(c2ccccc2)C1=O. The summed E-state index contributed by atoms with van der Waals surface area (Å²) in [6, 6.07) is 19.1. The highest BCUT2D eigenvalue weighted by Crippen LogP contribution is 2.45. The van der Waals surface area contributed by atoms with Gasteiger partial charge in [0.1, 0.15) is 5.37 Å². The second-order valence-electron chi connectivity index (χ2n) is 5.08. The van der Waals surface area contributed by atoms with Gasteiger partial charge in [0.25, 0.3) is 5.91 Å². The van der Waals surface area contributed by atoms with Gasteiger partial charge in [0, 0.05) is 5.69 Å². The molecule has 0 spiro atoms. The van der Waals surface area contributed by atoms with Crippen molar-refractivity contribution in [3.63, 3.8) is 0 Å². The Morgan fingerprint density at radius 1 is 1.09 bits per heavy atom. The number of hydrogen-bond acceptors (Lipinski definition) is 4. The van der Waals surface area contributed by atoms with Gasteiger partial charge in [0.2, 0.25) is 0 Å². The van der Waals surface area contributed by atoms with Crippen molar-refractivity contribution in [3.05, 3.63) is 66.2 Å². The minimum Gasteiger partial charge on any atom is -0.465 e.